The van der Waals surface area contributed by atoms with Gasteiger partial charge in [0, 0.05) is 77.7 Å². The number of hydrogen-bond donors (Lipinski definition) is 6. The van der Waals surface area contributed by atoms with Crippen molar-refractivity contribution in [3.63, 3.8) is 0 Å². The van der Waals surface area contributed by atoms with E-state index < -0.39 is 54.1 Å². The summed E-state index contributed by atoms with van der Waals surface area (Å²) in [5, 5.41) is 18.1. The maximum atomic E-state index is 14.5. The van der Waals surface area contributed by atoms with Crippen molar-refractivity contribution in [3.8, 4) is 0 Å². The molecule has 5 aliphatic rings. The van der Waals surface area contributed by atoms with Gasteiger partial charge < -0.3 is 51.2 Å². The summed E-state index contributed by atoms with van der Waals surface area (Å²) in [6, 6.07) is 13.5. The summed E-state index contributed by atoms with van der Waals surface area (Å²) in [5.74, 6) is -2.68. The van der Waals surface area contributed by atoms with E-state index >= 15 is 0 Å². The fourth-order valence-electron chi connectivity index (χ4n) is 11.2. The maximum absolute atomic E-state index is 14.5. The van der Waals surface area contributed by atoms with Crippen LogP contribution in [-0.4, -0.2) is 151 Å². The van der Waals surface area contributed by atoms with Crippen molar-refractivity contribution < 1.29 is 47.8 Å². The van der Waals surface area contributed by atoms with Gasteiger partial charge in [0.1, 0.15) is 12.1 Å². The highest BCUT2D eigenvalue weighted by atomic mass is 16.5. The fraction of sp³-hybridized carbons (Fsp3) is 0.614. The third kappa shape index (κ3) is 15.5. The highest BCUT2D eigenvalue weighted by Crippen LogP contribution is 2.38. The van der Waals surface area contributed by atoms with Crippen molar-refractivity contribution in [2.24, 2.45) is 23.7 Å². The highest BCUT2D eigenvalue weighted by molar-refractivity contribution is 6.12. The molecule has 4 aliphatic heterocycles. The molecule has 9 atom stereocenters. The minimum Gasteiger partial charge on any atom is -0.379 e. The summed E-state index contributed by atoms with van der Waals surface area (Å²) in [4.78, 5) is 111. The summed E-state index contributed by atoms with van der Waals surface area (Å²) in [5.41, 5.74) is 2.15. The monoisotopic (exact) mass is 1050 g/mol. The summed E-state index contributed by atoms with van der Waals surface area (Å²) >= 11 is 0. The fourth-order valence-corrected chi connectivity index (χ4v) is 11.2. The van der Waals surface area contributed by atoms with Crippen LogP contribution in [0, 0.1) is 23.7 Å². The molecule has 19 heteroatoms. The molecule has 0 spiro atoms. The highest BCUT2D eigenvalue weighted by Gasteiger charge is 2.49. The molecule has 0 aromatic heterocycles. The van der Waals surface area contributed by atoms with Gasteiger partial charge in [0.15, 0.2) is 0 Å². The van der Waals surface area contributed by atoms with Gasteiger partial charge >= 0.3 is 6.03 Å². The number of amides is 9. The summed E-state index contributed by atoms with van der Waals surface area (Å²) in [7, 11) is 4.81. The number of nitrogens with one attached hydrogen (secondary N) is 6. The topological polar surface area (TPSA) is 237 Å². The van der Waals surface area contributed by atoms with Crippen LogP contribution in [0.4, 0.5) is 10.5 Å². The average Bonchev–Trinajstić information content (AvgIpc) is 4.24. The molecular formula is C57H83N9O10. The molecule has 4 heterocycles. The van der Waals surface area contributed by atoms with Crippen LogP contribution in [0.5, 0.6) is 0 Å². The Morgan fingerprint density at radius 3 is 2.12 bits per heavy atom. The standard InChI is InChI=1S/C57H83N9O10/c1-9-36(4)51(64(6)56(73)49(35(2)3)63-55(72)50-40-31-42(32-40)60-50)45(75-7)33-48(69)65-29-17-20-44(65)52(76-8)37(5)53(70)62-43(30-38-18-13-12-14-19-38)54(71)61-41-23-21-39(22-24-41)34-59-57(74)58-27-15-10-11-16-28-66-46(67)25-26-47(66)68/h12-14,18-19,21-26,35-37,40,42-45,49-52,60H,9-11,15-17,20,27-34H2,1-8H3,(H,61,71)(H,62,70)(H,63,72)(H2,58,59,74)/t36-,37+,40?,42?,43-,44-,45+,49-,50-,51-,52+/m0/s1. The lowest BCUT2D eigenvalue weighted by atomic mass is 9.82. The van der Waals surface area contributed by atoms with Crippen LogP contribution in [0.1, 0.15) is 110 Å². The summed E-state index contributed by atoms with van der Waals surface area (Å²) < 4.78 is 12.1. The number of rotatable bonds is 29. The third-order valence-electron chi connectivity index (χ3n) is 15.9. The quantitative estimate of drug-likeness (QED) is 0.0492. The zero-order chi connectivity index (χ0) is 55.1. The first kappa shape index (κ1) is 59.1. The van der Waals surface area contributed by atoms with Crippen molar-refractivity contribution in [2.45, 2.75) is 160 Å². The molecule has 1 saturated carbocycles. The lowest BCUT2D eigenvalue weighted by Gasteiger charge is -2.41. The first-order valence-electron chi connectivity index (χ1n) is 27.4. The second kappa shape index (κ2) is 28.3. The van der Waals surface area contributed by atoms with Crippen LogP contribution in [-0.2, 0) is 56.0 Å². The predicted octanol–water partition coefficient (Wildman–Crippen LogP) is 4.45. The number of hydrogen-bond acceptors (Lipinski definition) is 11. The number of likely N-dealkylation sites (tertiary alicyclic amines) is 1. The molecule has 7 rings (SSSR count). The van der Waals surface area contributed by atoms with Crippen LogP contribution in [0.15, 0.2) is 66.7 Å². The first-order chi connectivity index (χ1) is 36.4. The van der Waals surface area contributed by atoms with E-state index in [1.165, 1.54) is 24.2 Å². The molecule has 1 aliphatic carbocycles. The first-order valence-corrected chi connectivity index (χ1v) is 27.4. The lowest BCUT2D eigenvalue weighted by Crippen LogP contribution is -2.59. The zero-order valence-electron chi connectivity index (χ0n) is 45.8. The Bertz CT molecular complexity index is 2330. The molecule has 6 N–H and O–H groups in total. The molecule has 2 aromatic rings. The molecule has 416 valence electrons. The van der Waals surface area contributed by atoms with Crippen LogP contribution in [0.2, 0.25) is 0 Å². The number of nitrogens with zero attached hydrogens (tertiary/aromatic N) is 3. The second-order valence-electron chi connectivity index (χ2n) is 21.5. The van der Waals surface area contributed by atoms with Gasteiger partial charge in [0.25, 0.3) is 11.8 Å². The SMILES string of the molecule is CC[C@H](C)[C@@H]([C@@H](CC(=O)N1CCC[C@H]1[C@H](OC)[C@@H](C)C(=O)N[C@@H](Cc1ccccc1)C(=O)Nc1ccc(CNC(=O)NCCCCCCN2C(=O)C=CC2=O)cc1)OC)N(C)C(=O)[C@@H](NC(=O)[C@H]1NC2CC1C2)C(C)C. The maximum Gasteiger partial charge on any atom is 0.315 e. The van der Waals surface area contributed by atoms with E-state index in [2.05, 4.69) is 31.9 Å². The molecule has 19 nitrogen and oxygen atoms in total. The molecule has 2 aromatic carbocycles. The number of ether oxygens (including phenoxy) is 2. The van der Waals surface area contributed by atoms with Crippen molar-refractivity contribution >= 4 is 53.1 Å². The van der Waals surface area contributed by atoms with Crippen LogP contribution < -0.4 is 31.9 Å². The smallest absolute Gasteiger partial charge is 0.315 e. The van der Waals surface area contributed by atoms with Crippen molar-refractivity contribution in [2.75, 3.05) is 46.2 Å². The number of likely N-dealkylation sites (N-methyl/N-ethyl adjacent to an activating group) is 1. The Kier molecular flexibility index (Phi) is 22.0. The van der Waals surface area contributed by atoms with E-state index in [0.29, 0.717) is 63.0 Å². The molecule has 0 radical (unpaired) electrons. The molecule has 76 heavy (non-hydrogen) atoms. The van der Waals surface area contributed by atoms with Gasteiger partial charge in [0.2, 0.25) is 29.5 Å². The van der Waals surface area contributed by atoms with E-state index in [4.69, 9.17) is 9.47 Å². The van der Waals surface area contributed by atoms with Gasteiger partial charge in [-0.1, -0.05) is 96.3 Å². The molecule has 4 fully saturated rings. The number of unbranched alkanes of at least 4 members (excludes halogenated alkanes) is 3. The number of benzene rings is 2. The average molecular weight is 1050 g/mol. The van der Waals surface area contributed by atoms with Crippen molar-refractivity contribution in [1.29, 1.82) is 0 Å². The van der Waals surface area contributed by atoms with Gasteiger partial charge in [-0.2, -0.15) is 0 Å². The van der Waals surface area contributed by atoms with Crippen molar-refractivity contribution in [1.82, 2.24) is 41.3 Å². The van der Waals surface area contributed by atoms with Gasteiger partial charge in [-0.05, 0) is 79.5 Å². The minimum absolute atomic E-state index is 0.0199. The molecular weight excluding hydrogens is 971 g/mol. The Morgan fingerprint density at radius 1 is 0.816 bits per heavy atom. The molecule has 0 unspecified atom stereocenters. The summed E-state index contributed by atoms with van der Waals surface area (Å²) in [6.07, 6.45) is 8.45. The van der Waals surface area contributed by atoms with Crippen molar-refractivity contribution in [3.05, 3.63) is 77.9 Å². The van der Waals surface area contributed by atoms with Gasteiger partial charge in [-0.3, -0.25) is 38.5 Å². The Balaban J connectivity index is 1.02. The van der Waals surface area contributed by atoms with E-state index in [-0.39, 0.29) is 72.8 Å². The van der Waals surface area contributed by atoms with E-state index in [1.54, 1.807) is 55.1 Å². The summed E-state index contributed by atoms with van der Waals surface area (Å²) in [6.45, 7) is 11.2. The van der Waals surface area contributed by atoms with Crippen LogP contribution >= 0.6 is 0 Å². The predicted molar refractivity (Wildman–Crippen MR) is 288 cm³/mol. The van der Waals surface area contributed by atoms with Gasteiger partial charge in [-0.25, -0.2) is 4.79 Å². The van der Waals surface area contributed by atoms with E-state index in [9.17, 15) is 38.4 Å². The Morgan fingerprint density at radius 2 is 1.50 bits per heavy atom. The Hall–Kier alpha value is -6.18. The number of carbonyl (C=O) groups is 8. The van der Waals surface area contributed by atoms with Gasteiger partial charge in [0.05, 0.1) is 42.7 Å². The number of fused-ring (bicyclic) bond motifs is 1. The number of carbonyl (C=O) groups excluding carboxylic acids is 8. The number of imide groups is 1. The number of anilines is 1. The molecule has 3 saturated heterocycles. The normalized spacial score (nSPS) is 21.5. The molecule has 9 amide bonds. The lowest BCUT2D eigenvalue weighted by molar-refractivity contribution is -0.147. The number of urea groups is 1. The third-order valence-corrected chi connectivity index (χ3v) is 15.9. The second-order valence-corrected chi connectivity index (χ2v) is 21.5. The Labute approximate surface area is 448 Å². The van der Waals surface area contributed by atoms with Gasteiger partial charge in [-0.15, -0.1) is 0 Å². The largest absolute Gasteiger partial charge is 0.379 e. The number of methoxy groups -OCH3 is 2. The van der Waals surface area contributed by atoms with E-state index in [1.807, 2.05) is 58.0 Å². The minimum atomic E-state index is -0.967. The van der Waals surface area contributed by atoms with E-state index in [0.717, 1.165) is 43.2 Å². The van der Waals surface area contributed by atoms with Crippen LogP contribution in [0.3, 0.4) is 0 Å². The zero-order valence-corrected chi connectivity index (χ0v) is 45.8. The molecule has 2 bridgehead atoms. The van der Waals surface area contributed by atoms with Crippen LogP contribution in [0.25, 0.3) is 0 Å².